The second kappa shape index (κ2) is 4.76. The van der Waals surface area contributed by atoms with Crippen molar-refractivity contribution in [1.29, 1.82) is 0 Å². The van der Waals surface area contributed by atoms with Crippen LogP contribution < -0.4 is 0 Å². The molecule has 1 heterocycles. The minimum atomic E-state index is -2.82. The summed E-state index contributed by atoms with van der Waals surface area (Å²) in [4.78, 5) is 0. The maximum atomic E-state index is 13.0. The van der Waals surface area contributed by atoms with Crippen molar-refractivity contribution >= 4 is 7.52 Å². The molecule has 17 heavy (non-hydrogen) atoms. The summed E-state index contributed by atoms with van der Waals surface area (Å²) in [6, 6.07) is 0. The average Bonchev–Trinajstić information content (AvgIpc) is 2.10. The molecule has 1 unspecified atom stereocenters. The summed E-state index contributed by atoms with van der Waals surface area (Å²) >= 11 is 0. The van der Waals surface area contributed by atoms with Gasteiger partial charge in [-0.05, 0) is 48.0 Å². The first kappa shape index (κ1) is 14.8. The lowest BCUT2D eigenvalue weighted by Gasteiger charge is -2.48. The molecular weight excluding hydrogens is 233 g/mol. The third-order valence-corrected chi connectivity index (χ3v) is 5.79. The van der Waals surface area contributed by atoms with Crippen LogP contribution in [-0.4, -0.2) is 28.5 Å². The Hall–Kier alpha value is -0.290. The fraction of sp³-hybridized carbons (Fsp3) is 0.846. The zero-order chi connectivity index (χ0) is 13.3. The maximum Gasteiger partial charge on any atom is 0.285 e. The lowest BCUT2D eigenvalue weighted by molar-refractivity contribution is 0.0322. The third-order valence-electron chi connectivity index (χ3n) is 2.91. The summed E-state index contributed by atoms with van der Waals surface area (Å²) in [6.45, 7) is 12.8. The lowest BCUT2D eigenvalue weighted by atomic mass is 10.0. The van der Waals surface area contributed by atoms with Crippen LogP contribution in [0.5, 0.6) is 0 Å². The van der Waals surface area contributed by atoms with Gasteiger partial charge >= 0.3 is 0 Å². The SMILES string of the molecule is CC#CCP1(=O)OC(C)(C)CCN1C(C)(C)C. The Balaban J connectivity index is 3.04. The zero-order valence-corrected chi connectivity index (χ0v) is 12.7. The number of hydrogen-bond donors (Lipinski definition) is 0. The van der Waals surface area contributed by atoms with Gasteiger partial charge in [0.2, 0.25) is 0 Å². The molecule has 0 aromatic carbocycles. The van der Waals surface area contributed by atoms with Gasteiger partial charge in [-0.1, -0.05) is 5.92 Å². The molecule has 0 saturated carbocycles. The molecule has 0 N–H and O–H groups in total. The van der Waals surface area contributed by atoms with E-state index in [1.165, 1.54) is 0 Å². The Bertz CT molecular complexity index is 384. The molecule has 1 fully saturated rings. The molecule has 0 spiro atoms. The quantitative estimate of drug-likeness (QED) is 0.532. The first-order chi connectivity index (χ1) is 7.61. The Morgan fingerprint density at radius 2 is 2.00 bits per heavy atom. The third kappa shape index (κ3) is 3.58. The van der Waals surface area contributed by atoms with E-state index in [-0.39, 0.29) is 11.1 Å². The molecule has 4 heteroatoms. The molecular formula is C13H24NO2P. The number of nitrogens with zero attached hydrogens (tertiary/aromatic N) is 1. The van der Waals surface area contributed by atoms with Gasteiger partial charge in [-0.2, -0.15) is 0 Å². The van der Waals surface area contributed by atoms with Crippen LogP contribution in [0.2, 0.25) is 0 Å². The van der Waals surface area contributed by atoms with Gasteiger partial charge in [0.1, 0.15) is 6.16 Å². The highest BCUT2D eigenvalue weighted by atomic mass is 31.2. The van der Waals surface area contributed by atoms with Gasteiger partial charge in [0.25, 0.3) is 7.52 Å². The van der Waals surface area contributed by atoms with Crippen LogP contribution in [0.3, 0.4) is 0 Å². The largest absolute Gasteiger partial charge is 0.311 e. The standard InChI is InChI=1S/C13H24NO2P/c1-7-8-11-17(15)14(12(2,3)4)10-9-13(5,6)16-17/h9-11H2,1-6H3. The predicted molar refractivity (Wildman–Crippen MR) is 72.2 cm³/mol. The molecule has 1 rings (SSSR count). The normalized spacial score (nSPS) is 29.5. The monoisotopic (exact) mass is 257 g/mol. The Kier molecular flexibility index (Phi) is 4.14. The van der Waals surface area contributed by atoms with Crippen molar-refractivity contribution in [3.8, 4) is 11.8 Å². The van der Waals surface area contributed by atoms with Crippen LogP contribution in [-0.2, 0) is 9.09 Å². The predicted octanol–water partition coefficient (Wildman–Crippen LogP) is 3.50. The summed E-state index contributed by atoms with van der Waals surface area (Å²) < 4.78 is 20.9. The number of hydrogen-bond acceptors (Lipinski definition) is 2. The van der Waals surface area contributed by atoms with E-state index in [0.717, 1.165) is 13.0 Å². The van der Waals surface area contributed by atoms with Crippen LogP contribution in [0.4, 0.5) is 0 Å². The van der Waals surface area contributed by atoms with Gasteiger partial charge in [0, 0.05) is 12.1 Å². The highest BCUT2D eigenvalue weighted by Crippen LogP contribution is 2.59. The molecule has 1 aliphatic rings. The molecule has 1 aliphatic heterocycles. The second-order valence-electron chi connectivity index (χ2n) is 6.12. The van der Waals surface area contributed by atoms with E-state index in [9.17, 15) is 4.57 Å². The fourth-order valence-corrected chi connectivity index (χ4v) is 4.97. The van der Waals surface area contributed by atoms with E-state index in [1.807, 2.05) is 18.5 Å². The topological polar surface area (TPSA) is 29.5 Å². The van der Waals surface area contributed by atoms with Crippen molar-refractivity contribution in [2.24, 2.45) is 0 Å². The van der Waals surface area contributed by atoms with Crippen LogP contribution in [0, 0.1) is 11.8 Å². The zero-order valence-electron chi connectivity index (χ0n) is 11.8. The van der Waals surface area contributed by atoms with Gasteiger partial charge in [0.05, 0.1) is 5.60 Å². The molecule has 0 bridgehead atoms. The summed E-state index contributed by atoms with van der Waals surface area (Å²) in [5.74, 6) is 5.73. The van der Waals surface area contributed by atoms with Gasteiger partial charge in [-0.3, -0.25) is 4.57 Å². The molecule has 1 atom stereocenters. The Morgan fingerprint density at radius 1 is 1.41 bits per heavy atom. The highest BCUT2D eigenvalue weighted by Gasteiger charge is 2.46. The molecule has 0 amide bonds. The maximum absolute atomic E-state index is 13.0. The van der Waals surface area contributed by atoms with Crippen molar-refractivity contribution in [2.45, 2.75) is 59.1 Å². The van der Waals surface area contributed by atoms with Crippen molar-refractivity contribution in [3.05, 3.63) is 0 Å². The molecule has 0 aliphatic carbocycles. The van der Waals surface area contributed by atoms with Crippen molar-refractivity contribution < 1.29 is 9.09 Å². The fourth-order valence-electron chi connectivity index (χ4n) is 2.10. The van der Waals surface area contributed by atoms with E-state index in [2.05, 4.69) is 32.6 Å². The van der Waals surface area contributed by atoms with E-state index in [0.29, 0.717) is 6.16 Å². The average molecular weight is 257 g/mol. The molecule has 3 nitrogen and oxygen atoms in total. The van der Waals surface area contributed by atoms with E-state index < -0.39 is 7.52 Å². The van der Waals surface area contributed by atoms with Crippen molar-refractivity contribution in [3.63, 3.8) is 0 Å². The highest BCUT2D eigenvalue weighted by molar-refractivity contribution is 7.56. The second-order valence-corrected chi connectivity index (χ2v) is 8.37. The molecule has 1 saturated heterocycles. The molecule has 0 aromatic heterocycles. The number of rotatable bonds is 1. The summed E-state index contributed by atoms with van der Waals surface area (Å²) in [5, 5.41) is 0. The Morgan fingerprint density at radius 3 is 2.47 bits per heavy atom. The van der Waals surface area contributed by atoms with E-state index in [4.69, 9.17) is 4.52 Å². The smallest absolute Gasteiger partial charge is 0.285 e. The van der Waals surface area contributed by atoms with E-state index >= 15 is 0 Å². The minimum absolute atomic E-state index is 0.151. The van der Waals surface area contributed by atoms with Gasteiger partial charge in [0.15, 0.2) is 0 Å². The van der Waals surface area contributed by atoms with Crippen LogP contribution >= 0.6 is 7.52 Å². The summed E-state index contributed by atoms with van der Waals surface area (Å²) in [6.07, 6.45) is 1.22. The van der Waals surface area contributed by atoms with Crippen molar-refractivity contribution in [2.75, 3.05) is 12.7 Å². The minimum Gasteiger partial charge on any atom is -0.311 e. The van der Waals surface area contributed by atoms with Gasteiger partial charge in [-0.25, -0.2) is 4.67 Å². The summed E-state index contributed by atoms with van der Waals surface area (Å²) in [5.41, 5.74) is -0.464. The molecule has 98 valence electrons. The summed E-state index contributed by atoms with van der Waals surface area (Å²) in [7, 11) is -2.82. The van der Waals surface area contributed by atoms with Gasteiger partial charge < -0.3 is 4.52 Å². The van der Waals surface area contributed by atoms with Crippen LogP contribution in [0.1, 0.15) is 48.0 Å². The van der Waals surface area contributed by atoms with Crippen LogP contribution in [0.15, 0.2) is 0 Å². The van der Waals surface area contributed by atoms with Crippen LogP contribution in [0.25, 0.3) is 0 Å². The first-order valence-electron chi connectivity index (χ1n) is 6.08. The molecule has 0 radical (unpaired) electrons. The van der Waals surface area contributed by atoms with Gasteiger partial charge in [-0.15, -0.1) is 5.92 Å². The lowest BCUT2D eigenvalue weighted by Crippen LogP contribution is -2.47. The Labute approximate surface area is 105 Å². The first-order valence-corrected chi connectivity index (χ1v) is 7.85. The molecule has 0 aromatic rings. The van der Waals surface area contributed by atoms with E-state index in [1.54, 1.807) is 6.92 Å². The van der Waals surface area contributed by atoms with Crippen molar-refractivity contribution in [1.82, 2.24) is 4.67 Å².